The second-order valence-electron chi connectivity index (χ2n) is 2.03. The predicted octanol–water partition coefficient (Wildman–Crippen LogP) is -1.46. The fourth-order valence-corrected chi connectivity index (χ4v) is 0.457. The molecule has 0 aromatic heterocycles. The van der Waals surface area contributed by atoms with Gasteiger partial charge in [0.1, 0.15) is 0 Å². The highest BCUT2D eigenvalue weighted by atomic mass is 16.5. The van der Waals surface area contributed by atoms with Gasteiger partial charge in [0.15, 0.2) is 0 Å². The summed E-state index contributed by atoms with van der Waals surface area (Å²) in [6, 6.07) is 0. The van der Waals surface area contributed by atoms with E-state index in [2.05, 4.69) is 0 Å². The van der Waals surface area contributed by atoms with E-state index in [9.17, 15) is 4.79 Å². The predicted molar refractivity (Wildman–Crippen MR) is 34.2 cm³/mol. The first-order valence-corrected chi connectivity index (χ1v) is 2.95. The van der Waals surface area contributed by atoms with Crippen molar-refractivity contribution in [1.82, 2.24) is 5.06 Å². The van der Waals surface area contributed by atoms with Crippen LogP contribution in [0.5, 0.6) is 0 Å². The van der Waals surface area contributed by atoms with Crippen LogP contribution in [0.1, 0.15) is 6.92 Å². The summed E-state index contributed by atoms with van der Waals surface area (Å²) in [5, 5.41) is 17.8. The average molecular weight is 148 g/mol. The van der Waals surface area contributed by atoms with Crippen molar-refractivity contribution in [3.8, 4) is 0 Å². The number of hydrogen-bond acceptors (Lipinski definition) is 4. The maximum absolute atomic E-state index is 10.5. The molecular weight excluding hydrogens is 136 g/mol. The van der Waals surface area contributed by atoms with E-state index in [1.165, 1.54) is 6.92 Å². The molecule has 0 radical (unpaired) electrons. The highest BCUT2D eigenvalue weighted by molar-refractivity contribution is 5.76. The van der Waals surface area contributed by atoms with Gasteiger partial charge in [-0.05, 0) is 6.92 Å². The molecule has 4 N–H and O–H groups in total. The third kappa shape index (κ3) is 3.39. The van der Waals surface area contributed by atoms with Crippen LogP contribution >= 0.6 is 0 Å². The van der Waals surface area contributed by atoms with Gasteiger partial charge < -0.3 is 10.8 Å². The van der Waals surface area contributed by atoms with E-state index in [1.54, 1.807) is 0 Å². The molecule has 1 amide bonds. The van der Waals surface area contributed by atoms with E-state index < -0.39 is 12.0 Å². The Kier molecular flexibility index (Phi) is 3.94. The van der Waals surface area contributed by atoms with E-state index in [4.69, 9.17) is 16.0 Å². The SMILES string of the molecule is CC(O)CN(O)C(=O)CN. The molecule has 0 aliphatic heterocycles. The van der Waals surface area contributed by atoms with Gasteiger partial charge in [0, 0.05) is 0 Å². The molecule has 0 bridgehead atoms. The Morgan fingerprint density at radius 1 is 1.80 bits per heavy atom. The second kappa shape index (κ2) is 4.21. The van der Waals surface area contributed by atoms with Gasteiger partial charge in [-0.2, -0.15) is 0 Å². The molecule has 5 heteroatoms. The van der Waals surface area contributed by atoms with Gasteiger partial charge >= 0.3 is 0 Å². The first-order valence-electron chi connectivity index (χ1n) is 2.95. The summed E-state index contributed by atoms with van der Waals surface area (Å²) in [6.45, 7) is 1.12. The zero-order valence-corrected chi connectivity index (χ0v) is 5.82. The van der Waals surface area contributed by atoms with Crippen molar-refractivity contribution < 1.29 is 15.1 Å². The first kappa shape index (κ1) is 9.35. The molecule has 0 heterocycles. The van der Waals surface area contributed by atoms with Crippen molar-refractivity contribution in [3.05, 3.63) is 0 Å². The van der Waals surface area contributed by atoms with Gasteiger partial charge in [0.05, 0.1) is 19.2 Å². The Labute approximate surface area is 59.0 Å². The van der Waals surface area contributed by atoms with Crippen molar-refractivity contribution in [1.29, 1.82) is 0 Å². The monoisotopic (exact) mass is 148 g/mol. The number of carbonyl (C=O) groups is 1. The smallest absolute Gasteiger partial charge is 0.259 e. The van der Waals surface area contributed by atoms with Crippen LogP contribution in [0.25, 0.3) is 0 Å². The lowest BCUT2D eigenvalue weighted by Gasteiger charge is -2.14. The molecule has 0 saturated carbocycles. The van der Waals surface area contributed by atoms with Gasteiger partial charge in [0.25, 0.3) is 5.91 Å². The van der Waals surface area contributed by atoms with E-state index >= 15 is 0 Å². The number of carbonyl (C=O) groups excluding carboxylic acids is 1. The van der Waals surface area contributed by atoms with Crippen molar-refractivity contribution in [2.24, 2.45) is 5.73 Å². The topological polar surface area (TPSA) is 86.8 Å². The Morgan fingerprint density at radius 2 is 2.30 bits per heavy atom. The lowest BCUT2D eigenvalue weighted by atomic mass is 10.4. The van der Waals surface area contributed by atoms with Gasteiger partial charge in [-0.3, -0.25) is 10.0 Å². The van der Waals surface area contributed by atoms with Crippen molar-refractivity contribution in [2.75, 3.05) is 13.1 Å². The minimum absolute atomic E-state index is 0.101. The maximum Gasteiger partial charge on any atom is 0.259 e. The van der Waals surface area contributed by atoms with Gasteiger partial charge in [-0.25, -0.2) is 5.06 Å². The van der Waals surface area contributed by atoms with Crippen molar-refractivity contribution in [2.45, 2.75) is 13.0 Å². The molecule has 0 aromatic carbocycles. The normalized spacial score (nSPS) is 12.8. The Hall–Kier alpha value is -0.650. The number of nitrogens with zero attached hydrogens (tertiary/aromatic N) is 1. The highest BCUT2D eigenvalue weighted by Crippen LogP contribution is 1.86. The Balaban J connectivity index is 3.61. The Bertz CT molecular complexity index is 115. The molecule has 60 valence electrons. The van der Waals surface area contributed by atoms with Crippen LogP contribution in [0.4, 0.5) is 0 Å². The Morgan fingerprint density at radius 3 is 2.60 bits per heavy atom. The minimum Gasteiger partial charge on any atom is -0.391 e. The van der Waals surface area contributed by atoms with Crippen LogP contribution in [0.2, 0.25) is 0 Å². The molecule has 0 aliphatic rings. The largest absolute Gasteiger partial charge is 0.391 e. The number of rotatable bonds is 3. The quantitative estimate of drug-likeness (QED) is 0.337. The van der Waals surface area contributed by atoms with Crippen LogP contribution in [0, 0.1) is 0 Å². The standard InChI is InChI=1S/C5H12N2O3/c1-4(8)3-7(10)5(9)2-6/h4,8,10H,2-3,6H2,1H3. The molecule has 0 fully saturated rings. The minimum atomic E-state index is -0.736. The molecule has 0 aromatic rings. The second-order valence-corrected chi connectivity index (χ2v) is 2.03. The number of hydrogen-bond donors (Lipinski definition) is 3. The summed E-state index contributed by atoms with van der Waals surface area (Å²) in [5.74, 6) is -0.596. The maximum atomic E-state index is 10.5. The van der Waals surface area contributed by atoms with E-state index in [0.29, 0.717) is 5.06 Å². The molecule has 0 rings (SSSR count). The zero-order chi connectivity index (χ0) is 8.15. The average Bonchev–Trinajstić information content (AvgIpc) is 1.85. The summed E-state index contributed by atoms with van der Waals surface area (Å²) in [7, 11) is 0. The summed E-state index contributed by atoms with van der Waals surface area (Å²) in [6.07, 6.45) is -0.736. The van der Waals surface area contributed by atoms with Crippen LogP contribution < -0.4 is 5.73 Å². The summed E-state index contributed by atoms with van der Waals surface area (Å²) >= 11 is 0. The van der Waals surface area contributed by atoms with E-state index in [-0.39, 0.29) is 13.1 Å². The summed E-state index contributed by atoms with van der Waals surface area (Å²) in [5.41, 5.74) is 4.92. The van der Waals surface area contributed by atoms with Crippen LogP contribution in [-0.4, -0.2) is 40.5 Å². The zero-order valence-electron chi connectivity index (χ0n) is 5.82. The highest BCUT2D eigenvalue weighted by Gasteiger charge is 2.09. The fraction of sp³-hybridized carbons (Fsp3) is 0.800. The summed E-state index contributed by atoms with van der Waals surface area (Å²) in [4.78, 5) is 10.5. The molecule has 0 aliphatic carbocycles. The van der Waals surface area contributed by atoms with Crippen LogP contribution in [-0.2, 0) is 4.79 Å². The fourth-order valence-electron chi connectivity index (χ4n) is 0.457. The molecule has 10 heavy (non-hydrogen) atoms. The number of hydroxylamine groups is 2. The molecule has 1 unspecified atom stereocenters. The number of aliphatic hydroxyl groups is 1. The first-order chi connectivity index (χ1) is 4.57. The van der Waals surface area contributed by atoms with Crippen LogP contribution in [0.15, 0.2) is 0 Å². The lowest BCUT2D eigenvalue weighted by molar-refractivity contribution is -0.168. The van der Waals surface area contributed by atoms with E-state index in [1.807, 2.05) is 0 Å². The molecular formula is C5H12N2O3. The third-order valence-corrected chi connectivity index (χ3v) is 0.900. The molecule has 1 atom stereocenters. The molecule has 0 saturated heterocycles. The number of amides is 1. The van der Waals surface area contributed by atoms with Gasteiger partial charge in [0.2, 0.25) is 0 Å². The van der Waals surface area contributed by atoms with E-state index in [0.717, 1.165) is 0 Å². The van der Waals surface area contributed by atoms with Gasteiger partial charge in [-0.1, -0.05) is 0 Å². The van der Waals surface area contributed by atoms with Crippen LogP contribution in [0.3, 0.4) is 0 Å². The third-order valence-electron chi connectivity index (χ3n) is 0.900. The van der Waals surface area contributed by atoms with Gasteiger partial charge in [-0.15, -0.1) is 0 Å². The number of aliphatic hydroxyl groups excluding tert-OH is 1. The molecule has 5 nitrogen and oxygen atoms in total. The van der Waals surface area contributed by atoms with Crippen molar-refractivity contribution >= 4 is 5.91 Å². The summed E-state index contributed by atoms with van der Waals surface area (Å²) < 4.78 is 0. The lowest BCUT2D eigenvalue weighted by Crippen LogP contribution is -2.37. The number of nitrogens with two attached hydrogens (primary N) is 1. The molecule has 0 spiro atoms. The van der Waals surface area contributed by atoms with Crippen molar-refractivity contribution in [3.63, 3.8) is 0 Å².